The minimum atomic E-state index is -1.84. The Morgan fingerprint density at radius 1 is 1.03 bits per heavy atom. The van der Waals surface area contributed by atoms with Gasteiger partial charge in [-0.2, -0.15) is 0 Å². The number of ether oxygens (including phenoxy) is 3. The smallest absolute Gasteiger partial charge is 0.410 e. The van der Waals surface area contributed by atoms with Gasteiger partial charge in [-0.3, -0.25) is 19.8 Å². The summed E-state index contributed by atoms with van der Waals surface area (Å²) in [5, 5.41) is 21.0. The second kappa shape index (κ2) is 10.9. The predicted molar refractivity (Wildman–Crippen MR) is 118 cm³/mol. The normalized spacial score (nSPS) is 13.3. The standard InChI is InChI=1S/C22H30N2O10/c1-21(2,3)33-19(28)17(13-10-8-9-11-14(13)24(30)31)32-16(25)12-15(18(26)27)23(7)20(29)34-22(4,5)6/h8-11,15,17H,12H2,1-7H3,(H,26,27)/t15-,17?/m1/s1. The minimum absolute atomic E-state index is 0.248. The van der Waals surface area contributed by atoms with Crippen LogP contribution in [0.2, 0.25) is 0 Å². The molecule has 0 bridgehead atoms. The van der Waals surface area contributed by atoms with Crippen LogP contribution in [0, 0.1) is 10.1 Å². The van der Waals surface area contributed by atoms with Gasteiger partial charge in [-0.25, -0.2) is 14.4 Å². The van der Waals surface area contributed by atoms with E-state index in [2.05, 4.69) is 0 Å². The first-order valence-corrected chi connectivity index (χ1v) is 10.3. The molecular formula is C22H30N2O10. The van der Waals surface area contributed by atoms with E-state index in [0.29, 0.717) is 4.90 Å². The molecule has 0 aromatic heterocycles. The van der Waals surface area contributed by atoms with Crippen molar-refractivity contribution in [3.05, 3.63) is 39.9 Å². The number of rotatable bonds is 8. The van der Waals surface area contributed by atoms with Crippen LogP contribution in [0.25, 0.3) is 0 Å². The average Bonchev–Trinajstić information content (AvgIpc) is 2.66. The van der Waals surface area contributed by atoms with Gasteiger partial charge in [-0.05, 0) is 47.6 Å². The van der Waals surface area contributed by atoms with Crippen molar-refractivity contribution in [3.8, 4) is 0 Å². The maximum absolute atomic E-state index is 12.8. The number of carboxylic acids is 1. The van der Waals surface area contributed by atoms with Crippen LogP contribution in [0.15, 0.2) is 24.3 Å². The van der Waals surface area contributed by atoms with E-state index >= 15 is 0 Å². The van der Waals surface area contributed by atoms with Gasteiger partial charge < -0.3 is 19.3 Å². The summed E-state index contributed by atoms with van der Waals surface area (Å²) in [7, 11) is 1.13. The van der Waals surface area contributed by atoms with Gasteiger partial charge in [-0.15, -0.1) is 0 Å². The molecule has 1 rings (SSSR count). The SMILES string of the molecule is CN(C(=O)OC(C)(C)C)[C@H](CC(=O)OC(C(=O)OC(C)(C)C)c1ccccc1[N+](=O)[O-])C(=O)O. The third kappa shape index (κ3) is 8.68. The number of para-hydroxylation sites is 1. The van der Waals surface area contributed by atoms with Crippen molar-refractivity contribution >= 4 is 29.7 Å². The lowest BCUT2D eigenvalue weighted by molar-refractivity contribution is -0.386. The first-order valence-electron chi connectivity index (χ1n) is 10.3. The molecule has 0 aliphatic heterocycles. The number of likely N-dealkylation sites (N-methyl/N-ethyl adjacent to an activating group) is 1. The van der Waals surface area contributed by atoms with Gasteiger partial charge in [-0.1, -0.05) is 12.1 Å². The molecule has 1 N–H and O–H groups in total. The number of esters is 2. The van der Waals surface area contributed by atoms with E-state index in [0.717, 1.165) is 13.1 Å². The highest BCUT2D eigenvalue weighted by molar-refractivity contribution is 5.87. The molecule has 0 heterocycles. The Morgan fingerprint density at radius 2 is 1.56 bits per heavy atom. The first-order chi connectivity index (χ1) is 15.4. The molecule has 2 atom stereocenters. The van der Waals surface area contributed by atoms with Crippen molar-refractivity contribution < 1.29 is 43.4 Å². The van der Waals surface area contributed by atoms with Gasteiger partial charge in [0.2, 0.25) is 6.10 Å². The number of hydrogen-bond acceptors (Lipinski definition) is 9. The Hall–Kier alpha value is -3.70. The molecule has 0 fully saturated rings. The molecule has 188 valence electrons. The maximum Gasteiger partial charge on any atom is 0.410 e. The van der Waals surface area contributed by atoms with Crippen LogP contribution in [-0.4, -0.2) is 63.2 Å². The second-order valence-corrected chi connectivity index (χ2v) is 9.37. The molecule has 0 aliphatic carbocycles. The number of amides is 1. The largest absolute Gasteiger partial charge is 0.480 e. The van der Waals surface area contributed by atoms with Gasteiger partial charge in [0.15, 0.2) is 0 Å². The lowest BCUT2D eigenvalue weighted by atomic mass is 10.1. The Balaban J connectivity index is 3.23. The summed E-state index contributed by atoms with van der Waals surface area (Å²) in [4.78, 5) is 60.8. The van der Waals surface area contributed by atoms with Crippen molar-refractivity contribution in [1.82, 2.24) is 4.90 Å². The molecule has 1 aromatic carbocycles. The van der Waals surface area contributed by atoms with Crippen molar-refractivity contribution in [2.24, 2.45) is 0 Å². The molecule has 34 heavy (non-hydrogen) atoms. The monoisotopic (exact) mass is 482 g/mol. The molecule has 0 spiro atoms. The lowest BCUT2D eigenvalue weighted by Gasteiger charge is -2.28. The third-order valence-electron chi connectivity index (χ3n) is 4.08. The molecule has 12 heteroatoms. The maximum atomic E-state index is 12.8. The summed E-state index contributed by atoms with van der Waals surface area (Å²) < 4.78 is 15.5. The molecule has 1 aromatic rings. The zero-order chi connectivity index (χ0) is 26.4. The number of carboxylic acid groups (broad SMARTS) is 1. The van der Waals surface area contributed by atoms with Crippen LogP contribution in [-0.2, 0) is 28.6 Å². The highest BCUT2D eigenvalue weighted by Gasteiger charge is 2.37. The van der Waals surface area contributed by atoms with Gasteiger partial charge in [0.05, 0.1) is 16.9 Å². The fourth-order valence-corrected chi connectivity index (χ4v) is 2.66. The first kappa shape index (κ1) is 28.3. The van der Waals surface area contributed by atoms with Crippen LogP contribution in [0.4, 0.5) is 10.5 Å². The highest BCUT2D eigenvalue weighted by atomic mass is 16.6. The van der Waals surface area contributed by atoms with Crippen molar-refractivity contribution in [3.63, 3.8) is 0 Å². The fourth-order valence-electron chi connectivity index (χ4n) is 2.66. The highest BCUT2D eigenvalue weighted by Crippen LogP contribution is 2.30. The number of hydrogen-bond donors (Lipinski definition) is 1. The molecule has 0 radical (unpaired) electrons. The molecule has 0 saturated carbocycles. The van der Waals surface area contributed by atoms with Crippen molar-refractivity contribution in [2.45, 2.75) is 71.3 Å². The zero-order valence-corrected chi connectivity index (χ0v) is 20.2. The number of carbonyl (C=O) groups excluding carboxylic acids is 3. The Kier molecular flexibility index (Phi) is 9.12. The van der Waals surface area contributed by atoms with E-state index in [-0.39, 0.29) is 5.56 Å². The van der Waals surface area contributed by atoms with Gasteiger partial charge in [0, 0.05) is 13.1 Å². The van der Waals surface area contributed by atoms with Crippen LogP contribution < -0.4 is 0 Å². The van der Waals surface area contributed by atoms with Crippen molar-refractivity contribution in [2.75, 3.05) is 7.05 Å². The van der Waals surface area contributed by atoms with E-state index in [9.17, 15) is 34.4 Å². The molecule has 1 amide bonds. The van der Waals surface area contributed by atoms with Gasteiger partial charge >= 0.3 is 24.0 Å². The van der Waals surface area contributed by atoms with Crippen LogP contribution in [0.1, 0.15) is 59.6 Å². The summed E-state index contributed by atoms with van der Waals surface area (Å²) in [5.41, 5.74) is -2.66. The van der Waals surface area contributed by atoms with E-state index < -0.39 is 64.4 Å². The van der Waals surface area contributed by atoms with Crippen LogP contribution in [0.5, 0.6) is 0 Å². The zero-order valence-electron chi connectivity index (χ0n) is 20.2. The van der Waals surface area contributed by atoms with Crippen LogP contribution in [0.3, 0.4) is 0 Å². The molecule has 0 aliphatic rings. The Labute approximate surface area is 196 Å². The summed E-state index contributed by atoms with van der Waals surface area (Å²) in [6.45, 7) is 9.42. The van der Waals surface area contributed by atoms with E-state index in [1.165, 1.54) is 18.2 Å². The van der Waals surface area contributed by atoms with E-state index in [4.69, 9.17) is 14.2 Å². The summed E-state index contributed by atoms with van der Waals surface area (Å²) in [6.07, 6.45) is -3.69. The minimum Gasteiger partial charge on any atom is -0.480 e. The van der Waals surface area contributed by atoms with Gasteiger partial charge in [0.25, 0.3) is 5.69 Å². The topological polar surface area (TPSA) is 163 Å². The number of carbonyl (C=O) groups is 4. The van der Waals surface area contributed by atoms with E-state index in [1.807, 2.05) is 0 Å². The molecule has 0 saturated heterocycles. The van der Waals surface area contributed by atoms with Crippen molar-refractivity contribution in [1.29, 1.82) is 0 Å². The average molecular weight is 482 g/mol. The molecular weight excluding hydrogens is 452 g/mol. The third-order valence-corrected chi connectivity index (χ3v) is 4.08. The number of aliphatic carboxylic acids is 1. The summed E-state index contributed by atoms with van der Waals surface area (Å²) in [5.74, 6) is -3.80. The van der Waals surface area contributed by atoms with Gasteiger partial charge in [0.1, 0.15) is 17.2 Å². The fraction of sp³-hybridized carbons (Fsp3) is 0.545. The predicted octanol–water partition coefficient (Wildman–Crippen LogP) is 3.23. The number of nitro benzene ring substituents is 1. The molecule has 12 nitrogen and oxygen atoms in total. The summed E-state index contributed by atoms with van der Waals surface area (Å²) in [6, 6.07) is 3.43. The molecule has 1 unspecified atom stereocenters. The quantitative estimate of drug-likeness (QED) is 0.252. The second-order valence-electron chi connectivity index (χ2n) is 9.37. The Bertz CT molecular complexity index is 946. The van der Waals surface area contributed by atoms with E-state index in [1.54, 1.807) is 41.5 Å². The number of nitro groups is 1. The summed E-state index contributed by atoms with van der Waals surface area (Å²) >= 11 is 0. The Morgan fingerprint density at radius 3 is 2.03 bits per heavy atom. The number of nitrogens with zero attached hydrogens (tertiary/aromatic N) is 2. The lowest BCUT2D eigenvalue weighted by Crippen LogP contribution is -2.46. The number of benzene rings is 1. The van der Waals surface area contributed by atoms with Crippen LogP contribution >= 0.6 is 0 Å².